The van der Waals surface area contributed by atoms with E-state index in [1.165, 1.54) is 4.90 Å². The van der Waals surface area contributed by atoms with E-state index in [0.717, 1.165) is 18.0 Å². The van der Waals surface area contributed by atoms with Crippen LogP contribution >= 0.6 is 11.8 Å². The Morgan fingerprint density at radius 3 is 2.47 bits per heavy atom. The predicted molar refractivity (Wildman–Crippen MR) is 72.9 cm³/mol. The molecule has 1 unspecified atom stereocenters. The van der Waals surface area contributed by atoms with Gasteiger partial charge in [0.2, 0.25) is 0 Å². The summed E-state index contributed by atoms with van der Waals surface area (Å²) in [4.78, 5) is 1.18. The highest BCUT2D eigenvalue weighted by molar-refractivity contribution is 7.99. The van der Waals surface area contributed by atoms with Gasteiger partial charge in [-0.3, -0.25) is 0 Å². The normalized spacial score (nSPS) is 14.4. The third-order valence-electron chi connectivity index (χ3n) is 2.57. The van der Waals surface area contributed by atoms with E-state index in [0.29, 0.717) is 0 Å². The molecular weight excluding hydrogens is 234 g/mol. The fourth-order valence-electron chi connectivity index (χ4n) is 1.49. The van der Waals surface area contributed by atoms with Crippen LogP contribution in [0.4, 0.5) is 0 Å². The van der Waals surface area contributed by atoms with Crippen LogP contribution in [0.2, 0.25) is 0 Å². The summed E-state index contributed by atoms with van der Waals surface area (Å²) in [6.07, 6.45) is 0. The maximum Gasteiger partial charge on any atom is 0.118 e. The van der Waals surface area contributed by atoms with Crippen molar-refractivity contribution >= 4 is 11.8 Å². The second-order valence-electron chi connectivity index (χ2n) is 4.21. The van der Waals surface area contributed by atoms with Crippen molar-refractivity contribution in [1.29, 1.82) is 0 Å². The van der Waals surface area contributed by atoms with Crippen LogP contribution in [0.15, 0.2) is 29.2 Å². The first-order chi connectivity index (χ1) is 8.13. The first kappa shape index (κ1) is 14.4. The van der Waals surface area contributed by atoms with Gasteiger partial charge in [0.1, 0.15) is 5.75 Å². The Labute approximate surface area is 108 Å². The zero-order chi connectivity index (χ0) is 12.7. The number of ether oxygens (including phenoxy) is 1. The van der Waals surface area contributed by atoms with E-state index in [9.17, 15) is 5.11 Å². The van der Waals surface area contributed by atoms with Crippen molar-refractivity contribution in [3.63, 3.8) is 0 Å². The van der Waals surface area contributed by atoms with E-state index in [4.69, 9.17) is 4.74 Å². The molecule has 0 fully saturated rings. The van der Waals surface area contributed by atoms with E-state index >= 15 is 0 Å². The molecule has 2 N–H and O–H groups in total. The van der Waals surface area contributed by atoms with Crippen molar-refractivity contribution in [1.82, 2.24) is 5.32 Å². The second-order valence-corrected chi connectivity index (χ2v) is 5.26. The fraction of sp³-hybridized carbons (Fsp3) is 0.538. The molecule has 4 heteroatoms. The Kier molecular flexibility index (Phi) is 5.82. The van der Waals surface area contributed by atoms with Crippen molar-refractivity contribution in [3.8, 4) is 5.75 Å². The van der Waals surface area contributed by atoms with E-state index in [2.05, 4.69) is 5.32 Å². The largest absolute Gasteiger partial charge is 0.497 e. The maximum absolute atomic E-state index is 9.38. The van der Waals surface area contributed by atoms with Gasteiger partial charge in [0.05, 0.1) is 13.7 Å². The van der Waals surface area contributed by atoms with Crippen LogP contribution in [-0.2, 0) is 0 Å². The molecule has 0 spiro atoms. The number of hydrogen-bond donors (Lipinski definition) is 2. The topological polar surface area (TPSA) is 41.5 Å². The van der Waals surface area contributed by atoms with Gasteiger partial charge in [-0.1, -0.05) is 6.92 Å². The lowest BCUT2D eigenvalue weighted by atomic mass is 10.1. The Bertz CT molecular complexity index is 329. The van der Waals surface area contributed by atoms with Gasteiger partial charge in [-0.15, -0.1) is 11.8 Å². The van der Waals surface area contributed by atoms with Gasteiger partial charge in [0, 0.05) is 16.2 Å². The molecule has 0 aliphatic heterocycles. The summed E-state index contributed by atoms with van der Waals surface area (Å²) in [7, 11) is 1.66. The molecule has 0 aliphatic rings. The zero-order valence-corrected chi connectivity index (χ0v) is 11.5. The van der Waals surface area contributed by atoms with Crippen LogP contribution in [0.1, 0.15) is 13.8 Å². The lowest BCUT2D eigenvalue weighted by molar-refractivity contribution is 0.194. The SMILES string of the molecule is CCNC(C)(CO)CSc1ccc(OC)cc1. The van der Waals surface area contributed by atoms with Crippen molar-refractivity contribution < 1.29 is 9.84 Å². The average Bonchev–Trinajstić information content (AvgIpc) is 2.37. The van der Waals surface area contributed by atoms with Gasteiger partial charge in [-0.05, 0) is 37.7 Å². The summed E-state index contributed by atoms with van der Waals surface area (Å²) in [6, 6.07) is 7.97. The van der Waals surface area contributed by atoms with Gasteiger partial charge in [0.15, 0.2) is 0 Å². The summed E-state index contributed by atoms with van der Waals surface area (Å²) in [5.74, 6) is 1.70. The zero-order valence-electron chi connectivity index (χ0n) is 10.7. The second kappa shape index (κ2) is 6.89. The molecule has 1 atom stereocenters. The average molecular weight is 255 g/mol. The molecule has 3 nitrogen and oxygen atoms in total. The molecule has 1 aromatic rings. The molecule has 0 radical (unpaired) electrons. The van der Waals surface area contributed by atoms with Gasteiger partial charge in [-0.2, -0.15) is 0 Å². The highest BCUT2D eigenvalue weighted by Crippen LogP contribution is 2.24. The fourth-order valence-corrected chi connectivity index (χ4v) is 2.50. The predicted octanol–water partition coefficient (Wildman–Crippen LogP) is 2.15. The summed E-state index contributed by atoms with van der Waals surface area (Å²) >= 11 is 1.73. The summed E-state index contributed by atoms with van der Waals surface area (Å²) in [6.45, 7) is 5.09. The molecule has 17 heavy (non-hydrogen) atoms. The van der Waals surface area contributed by atoms with Crippen LogP contribution in [-0.4, -0.2) is 36.7 Å². The van der Waals surface area contributed by atoms with E-state index in [-0.39, 0.29) is 12.1 Å². The number of likely N-dealkylation sites (N-methyl/N-ethyl adjacent to an activating group) is 1. The number of methoxy groups -OCH3 is 1. The molecule has 0 saturated heterocycles. The smallest absolute Gasteiger partial charge is 0.118 e. The number of nitrogens with one attached hydrogen (secondary N) is 1. The number of thioether (sulfide) groups is 1. The molecule has 0 bridgehead atoms. The Morgan fingerprint density at radius 1 is 1.35 bits per heavy atom. The Balaban J connectivity index is 2.53. The lowest BCUT2D eigenvalue weighted by Crippen LogP contribution is -2.47. The summed E-state index contributed by atoms with van der Waals surface area (Å²) < 4.78 is 5.11. The van der Waals surface area contributed by atoms with Crippen molar-refractivity contribution in [2.45, 2.75) is 24.3 Å². The number of hydrogen-bond acceptors (Lipinski definition) is 4. The van der Waals surface area contributed by atoms with Crippen molar-refractivity contribution in [2.75, 3.05) is 26.0 Å². The molecule has 0 amide bonds. The van der Waals surface area contributed by atoms with E-state index in [1.807, 2.05) is 38.1 Å². The minimum absolute atomic E-state index is 0.143. The monoisotopic (exact) mass is 255 g/mol. The summed E-state index contributed by atoms with van der Waals surface area (Å²) in [5.41, 5.74) is -0.223. The van der Waals surface area contributed by atoms with Crippen molar-refractivity contribution in [2.24, 2.45) is 0 Å². The highest BCUT2D eigenvalue weighted by atomic mass is 32.2. The summed E-state index contributed by atoms with van der Waals surface area (Å²) in [5, 5.41) is 12.7. The lowest BCUT2D eigenvalue weighted by Gasteiger charge is -2.27. The highest BCUT2D eigenvalue weighted by Gasteiger charge is 2.21. The van der Waals surface area contributed by atoms with E-state index < -0.39 is 0 Å². The number of aliphatic hydroxyl groups excluding tert-OH is 1. The van der Waals surface area contributed by atoms with Gasteiger partial charge in [-0.25, -0.2) is 0 Å². The molecule has 0 aromatic heterocycles. The molecule has 1 aromatic carbocycles. The molecule has 1 rings (SSSR count). The third kappa shape index (κ3) is 4.58. The standard InChI is InChI=1S/C13H21NO2S/c1-4-14-13(2,9-15)10-17-12-7-5-11(16-3)6-8-12/h5-8,14-15H,4,9-10H2,1-3H3. The minimum Gasteiger partial charge on any atom is -0.497 e. The quantitative estimate of drug-likeness (QED) is 0.733. The van der Waals surface area contributed by atoms with E-state index in [1.54, 1.807) is 18.9 Å². The van der Waals surface area contributed by atoms with Crippen LogP contribution in [0, 0.1) is 0 Å². The Morgan fingerprint density at radius 2 is 2.00 bits per heavy atom. The van der Waals surface area contributed by atoms with Crippen LogP contribution in [0.25, 0.3) is 0 Å². The van der Waals surface area contributed by atoms with Crippen LogP contribution < -0.4 is 10.1 Å². The number of rotatable bonds is 7. The molecular formula is C13H21NO2S. The van der Waals surface area contributed by atoms with Crippen LogP contribution in [0.3, 0.4) is 0 Å². The molecule has 96 valence electrons. The van der Waals surface area contributed by atoms with Gasteiger partial charge >= 0.3 is 0 Å². The van der Waals surface area contributed by atoms with Crippen LogP contribution in [0.5, 0.6) is 5.75 Å². The first-order valence-electron chi connectivity index (χ1n) is 5.76. The van der Waals surface area contributed by atoms with Gasteiger partial charge in [0.25, 0.3) is 0 Å². The molecule has 0 aliphatic carbocycles. The minimum atomic E-state index is -0.223. The third-order valence-corrected chi connectivity index (χ3v) is 3.96. The molecule has 0 saturated carbocycles. The number of benzene rings is 1. The maximum atomic E-state index is 9.38. The van der Waals surface area contributed by atoms with Crippen molar-refractivity contribution in [3.05, 3.63) is 24.3 Å². The molecule has 0 heterocycles. The van der Waals surface area contributed by atoms with Gasteiger partial charge < -0.3 is 15.2 Å². The first-order valence-corrected chi connectivity index (χ1v) is 6.75. The number of aliphatic hydroxyl groups is 1. The Hall–Kier alpha value is -0.710.